The lowest BCUT2D eigenvalue weighted by Crippen LogP contribution is -2.55. The maximum absolute atomic E-state index is 12.5. The van der Waals surface area contributed by atoms with Gasteiger partial charge in [-0.15, -0.1) is 0 Å². The summed E-state index contributed by atoms with van der Waals surface area (Å²) in [5.41, 5.74) is 3.25. The third-order valence-corrected chi connectivity index (χ3v) is 6.91. The van der Waals surface area contributed by atoms with E-state index in [2.05, 4.69) is 70.2 Å². The standard InChI is InChI=1S/C28H28N6O2/c1-3-7-26(35)34-17-16-33(18-21(34)12-14-29)27-23-13-15-32(19-24(23)30-28(31-27)36-2)25-11-6-9-20-8-4-5-10-22(20)25/h4-6,8-11,21H,12-13,15-19H2,1-2H3. The van der Waals surface area contributed by atoms with Crippen LogP contribution in [0, 0.1) is 23.2 Å². The van der Waals surface area contributed by atoms with Crippen molar-refractivity contribution in [3.63, 3.8) is 0 Å². The van der Waals surface area contributed by atoms with Crippen molar-refractivity contribution >= 4 is 28.2 Å². The number of carbonyl (C=O) groups is 1. The highest BCUT2D eigenvalue weighted by molar-refractivity contribution is 5.94. The molecule has 3 heterocycles. The fraction of sp³-hybridized carbons (Fsp3) is 0.357. The number of fused-ring (bicyclic) bond motifs is 2. The molecule has 1 fully saturated rings. The molecule has 1 saturated heterocycles. The van der Waals surface area contributed by atoms with Crippen LogP contribution in [0.1, 0.15) is 24.6 Å². The Morgan fingerprint density at radius 3 is 2.75 bits per heavy atom. The topological polar surface area (TPSA) is 85.6 Å². The molecule has 2 aliphatic heterocycles. The molecule has 8 nitrogen and oxygen atoms in total. The average Bonchev–Trinajstić information content (AvgIpc) is 2.92. The Labute approximate surface area is 211 Å². The van der Waals surface area contributed by atoms with Gasteiger partial charge in [-0.1, -0.05) is 42.3 Å². The van der Waals surface area contributed by atoms with E-state index in [0.29, 0.717) is 32.2 Å². The van der Waals surface area contributed by atoms with Crippen LogP contribution in [0.4, 0.5) is 11.5 Å². The van der Waals surface area contributed by atoms with E-state index >= 15 is 0 Å². The van der Waals surface area contributed by atoms with Crippen molar-refractivity contribution in [1.82, 2.24) is 14.9 Å². The second-order valence-electron chi connectivity index (χ2n) is 8.96. The first-order valence-corrected chi connectivity index (χ1v) is 12.1. The van der Waals surface area contributed by atoms with Gasteiger partial charge in [0.15, 0.2) is 0 Å². The quantitative estimate of drug-likeness (QED) is 0.530. The van der Waals surface area contributed by atoms with Crippen LogP contribution in [-0.2, 0) is 17.8 Å². The Kier molecular flexibility index (Phi) is 6.60. The zero-order valence-corrected chi connectivity index (χ0v) is 20.6. The Balaban J connectivity index is 1.46. The smallest absolute Gasteiger partial charge is 0.318 e. The van der Waals surface area contributed by atoms with Crippen molar-refractivity contribution in [1.29, 1.82) is 5.26 Å². The van der Waals surface area contributed by atoms with Gasteiger partial charge in [0.2, 0.25) is 0 Å². The van der Waals surface area contributed by atoms with E-state index in [-0.39, 0.29) is 18.4 Å². The van der Waals surface area contributed by atoms with Crippen molar-refractivity contribution in [3.8, 4) is 23.9 Å². The molecule has 0 bridgehead atoms. The van der Waals surface area contributed by atoms with Gasteiger partial charge < -0.3 is 19.4 Å². The maximum Gasteiger partial charge on any atom is 0.318 e. The Bertz CT molecular complexity index is 1400. The predicted molar refractivity (Wildman–Crippen MR) is 139 cm³/mol. The van der Waals surface area contributed by atoms with Crippen LogP contribution in [-0.4, -0.2) is 60.1 Å². The molecule has 3 aromatic rings. The number of benzene rings is 2. The molecule has 2 aromatic carbocycles. The summed E-state index contributed by atoms with van der Waals surface area (Å²) in [6.07, 6.45) is 1.04. The summed E-state index contributed by atoms with van der Waals surface area (Å²) < 4.78 is 5.49. The lowest BCUT2D eigenvalue weighted by Gasteiger charge is -2.41. The Morgan fingerprint density at radius 2 is 1.94 bits per heavy atom. The van der Waals surface area contributed by atoms with Gasteiger partial charge >= 0.3 is 6.01 Å². The summed E-state index contributed by atoms with van der Waals surface area (Å²) in [5.74, 6) is 5.90. The summed E-state index contributed by atoms with van der Waals surface area (Å²) in [6, 6.07) is 17.1. The zero-order valence-electron chi connectivity index (χ0n) is 20.6. The van der Waals surface area contributed by atoms with Crippen LogP contribution in [0.2, 0.25) is 0 Å². The van der Waals surface area contributed by atoms with Crippen LogP contribution >= 0.6 is 0 Å². The first kappa shape index (κ1) is 23.4. The number of aromatic nitrogens is 2. The number of nitriles is 1. The minimum Gasteiger partial charge on any atom is -0.467 e. The fourth-order valence-electron chi connectivity index (χ4n) is 5.20. The second-order valence-corrected chi connectivity index (χ2v) is 8.96. The lowest BCUT2D eigenvalue weighted by atomic mass is 10.0. The van der Waals surface area contributed by atoms with Gasteiger partial charge in [-0.3, -0.25) is 4.79 Å². The number of nitrogens with zero attached hydrogens (tertiary/aromatic N) is 6. The number of piperazine rings is 1. The number of ether oxygens (including phenoxy) is 1. The van der Waals surface area contributed by atoms with E-state index in [9.17, 15) is 10.1 Å². The monoisotopic (exact) mass is 480 g/mol. The molecule has 2 aliphatic rings. The molecule has 1 amide bonds. The normalized spacial score (nSPS) is 17.1. The van der Waals surface area contributed by atoms with Crippen LogP contribution in [0.5, 0.6) is 6.01 Å². The van der Waals surface area contributed by atoms with E-state index in [4.69, 9.17) is 14.7 Å². The molecule has 1 atom stereocenters. The van der Waals surface area contributed by atoms with E-state index in [0.717, 1.165) is 30.0 Å². The highest BCUT2D eigenvalue weighted by Gasteiger charge is 2.33. The highest BCUT2D eigenvalue weighted by atomic mass is 16.5. The van der Waals surface area contributed by atoms with Gasteiger partial charge in [-0.05, 0) is 30.7 Å². The number of rotatable bonds is 4. The molecular formula is C28H28N6O2. The molecular weight excluding hydrogens is 452 g/mol. The van der Waals surface area contributed by atoms with Gasteiger partial charge in [0.25, 0.3) is 5.91 Å². The molecule has 36 heavy (non-hydrogen) atoms. The summed E-state index contributed by atoms with van der Waals surface area (Å²) >= 11 is 0. The summed E-state index contributed by atoms with van der Waals surface area (Å²) in [4.78, 5) is 28.2. The van der Waals surface area contributed by atoms with Crippen molar-refractivity contribution < 1.29 is 9.53 Å². The van der Waals surface area contributed by atoms with Gasteiger partial charge in [0.1, 0.15) is 5.82 Å². The van der Waals surface area contributed by atoms with Crippen LogP contribution in [0.25, 0.3) is 10.8 Å². The summed E-state index contributed by atoms with van der Waals surface area (Å²) in [7, 11) is 1.58. The van der Waals surface area contributed by atoms with E-state index < -0.39 is 0 Å². The Hall–Kier alpha value is -4.30. The molecule has 8 heteroatoms. The van der Waals surface area contributed by atoms with Gasteiger partial charge in [0, 0.05) is 42.8 Å². The number of carbonyl (C=O) groups excluding carboxylic acids is 1. The van der Waals surface area contributed by atoms with E-state index in [1.807, 2.05) is 0 Å². The first-order valence-electron chi connectivity index (χ1n) is 12.1. The lowest BCUT2D eigenvalue weighted by molar-refractivity contribution is -0.127. The van der Waals surface area contributed by atoms with E-state index in [1.54, 1.807) is 18.9 Å². The number of hydrogen-bond acceptors (Lipinski definition) is 7. The highest BCUT2D eigenvalue weighted by Crippen LogP contribution is 2.34. The number of anilines is 2. The number of methoxy groups -OCH3 is 1. The molecule has 0 saturated carbocycles. The molecule has 0 spiro atoms. The third kappa shape index (κ3) is 4.38. The number of hydrogen-bond donors (Lipinski definition) is 0. The first-order chi connectivity index (χ1) is 17.6. The van der Waals surface area contributed by atoms with Crippen LogP contribution < -0.4 is 14.5 Å². The van der Waals surface area contributed by atoms with Gasteiger partial charge in [-0.25, -0.2) is 0 Å². The van der Waals surface area contributed by atoms with Crippen molar-refractivity contribution in [2.75, 3.05) is 43.1 Å². The molecule has 182 valence electrons. The van der Waals surface area contributed by atoms with Crippen molar-refractivity contribution in [3.05, 3.63) is 53.7 Å². The van der Waals surface area contributed by atoms with Crippen molar-refractivity contribution in [2.45, 2.75) is 32.4 Å². The minimum atomic E-state index is -0.246. The van der Waals surface area contributed by atoms with Crippen LogP contribution in [0.3, 0.4) is 0 Å². The average molecular weight is 481 g/mol. The minimum absolute atomic E-state index is 0.231. The maximum atomic E-state index is 12.5. The Morgan fingerprint density at radius 1 is 1.11 bits per heavy atom. The molecule has 1 unspecified atom stereocenters. The largest absolute Gasteiger partial charge is 0.467 e. The number of amides is 1. The van der Waals surface area contributed by atoms with Gasteiger partial charge in [-0.2, -0.15) is 15.2 Å². The molecule has 0 radical (unpaired) electrons. The second kappa shape index (κ2) is 10.1. The SMILES string of the molecule is CC#CC(=O)N1CCN(c2nc(OC)nc3c2CCN(c2cccc4ccccc24)C3)CC1CC#N. The van der Waals surface area contributed by atoms with Crippen LogP contribution in [0.15, 0.2) is 42.5 Å². The summed E-state index contributed by atoms with van der Waals surface area (Å²) in [5, 5.41) is 11.8. The van der Waals surface area contributed by atoms with Gasteiger partial charge in [0.05, 0.1) is 37.9 Å². The zero-order chi connectivity index (χ0) is 25.1. The third-order valence-electron chi connectivity index (χ3n) is 6.91. The van der Waals surface area contributed by atoms with Crippen molar-refractivity contribution in [2.24, 2.45) is 0 Å². The molecule has 0 aliphatic carbocycles. The predicted octanol–water partition coefficient (Wildman–Crippen LogP) is 3.16. The molecule has 5 rings (SSSR count). The molecule has 0 N–H and O–H groups in total. The van der Waals surface area contributed by atoms with E-state index in [1.165, 1.54) is 16.5 Å². The fourth-order valence-corrected chi connectivity index (χ4v) is 5.20. The molecule has 1 aromatic heterocycles. The summed E-state index contributed by atoms with van der Waals surface area (Å²) in [6.45, 7) is 4.76.